The molecule has 1 aliphatic heterocycles. The molecule has 2 aromatic carbocycles. The van der Waals surface area contributed by atoms with Crippen molar-refractivity contribution in [1.82, 2.24) is 5.01 Å². The molecule has 1 heterocycles. The summed E-state index contributed by atoms with van der Waals surface area (Å²) < 4.78 is 0. The van der Waals surface area contributed by atoms with Crippen molar-refractivity contribution in [3.8, 4) is 0 Å². The molecular formula is C23H23N11O. The molecule has 176 valence electrons. The molecule has 1 unspecified atom stereocenters. The number of carbonyl (C=O) groups is 1. The van der Waals surface area contributed by atoms with Crippen molar-refractivity contribution < 1.29 is 4.79 Å². The van der Waals surface area contributed by atoms with Crippen LogP contribution in [-0.4, -0.2) is 35.9 Å². The van der Waals surface area contributed by atoms with Crippen LogP contribution in [0.2, 0.25) is 0 Å². The quantitative estimate of drug-likeness (QED) is 0.0746. The van der Waals surface area contributed by atoms with Crippen LogP contribution in [0.25, 0.3) is 26.5 Å². The summed E-state index contributed by atoms with van der Waals surface area (Å²) in [6.45, 7) is 0.241. The second kappa shape index (κ2) is 11.8. The summed E-state index contributed by atoms with van der Waals surface area (Å²) in [6, 6.07) is 14.7. The highest BCUT2D eigenvalue weighted by atomic mass is 16.2. The molecule has 12 heteroatoms. The van der Waals surface area contributed by atoms with Gasteiger partial charge in [0.25, 0.3) is 5.91 Å². The minimum atomic E-state index is -0.575. The zero-order chi connectivity index (χ0) is 25.2. The van der Waals surface area contributed by atoms with E-state index in [1.54, 1.807) is 18.2 Å². The number of allylic oxidation sites excluding steroid dienone is 1. The van der Waals surface area contributed by atoms with Gasteiger partial charge in [-0.25, -0.2) is 10.9 Å². The van der Waals surface area contributed by atoms with E-state index in [0.717, 1.165) is 28.0 Å². The van der Waals surface area contributed by atoms with Crippen LogP contribution in [0.15, 0.2) is 76.6 Å². The summed E-state index contributed by atoms with van der Waals surface area (Å²) in [5, 5.41) is 26.5. The average molecular weight is 470 g/mol. The van der Waals surface area contributed by atoms with Gasteiger partial charge in [-0.15, -0.1) is 0 Å². The molecule has 0 fully saturated rings. The number of hydrogen-bond acceptors (Lipinski definition) is 7. The first-order valence-corrected chi connectivity index (χ1v) is 10.6. The van der Waals surface area contributed by atoms with Gasteiger partial charge in [-0.2, -0.15) is 0 Å². The van der Waals surface area contributed by atoms with Crippen LogP contribution in [0.4, 0.5) is 5.69 Å². The Hall–Kier alpha value is -4.89. The molecule has 0 radical (unpaired) electrons. The predicted octanol–water partition coefficient (Wildman–Crippen LogP) is 4.66. The molecule has 0 saturated heterocycles. The summed E-state index contributed by atoms with van der Waals surface area (Å²) in [5.41, 5.74) is 20.3. The number of hydrazine groups is 1. The van der Waals surface area contributed by atoms with Gasteiger partial charge in [0.05, 0.1) is 17.5 Å². The van der Waals surface area contributed by atoms with Crippen LogP contribution in [0.5, 0.6) is 0 Å². The van der Waals surface area contributed by atoms with Gasteiger partial charge in [-0.3, -0.25) is 10.2 Å². The number of nitrogens with one attached hydrogen (secondary N) is 3. The van der Waals surface area contributed by atoms with Crippen molar-refractivity contribution in [1.29, 1.82) is 10.8 Å². The number of azide groups is 2. The second-order valence-corrected chi connectivity index (χ2v) is 7.43. The van der Waals surface area contributed by atoms with Gasteiger partial charge < -0.3 is 10.7 Å². The van der Waals surface area contributed by atoms with Gasteiger partial charge in [0.1, 0.15) is 0 Å². The van der Waals surface area contributed by atoms with E-state index in [2.05, 4.69) is 25.4 Å². The molecule has 0 bridgehead atoms. The maximum absolute atomic E-state index is 13.5. The molecule has 0 aromatic heterocycles. The fourth-order valence-electron chi connectivity index (χ4n) is 3.61. The lowest BCUT2D eigenvalue weighted by atomic mass is 9.92. The SMILES string of the molecule is [N-]=[N+]=NC/C=C(/C(=N)C=N)N(N)C(=O)C1=CC(c2ccc(CCN=[N+]=[N-])cc2)Nc2ccccc21. The highest BCUT2D eigenvalue weighted by molar-refractivity contribution is 6.37. The second-order valence-electron chi connectivity index (χ2n) is 7.43. The third-order valence-electron chi connectivity index (χ3n) is 5.32. The largest absolute Gasteiger partial charge is 0.374 e. The van der Waals surface area contributed by atoms with E-state index >= 15 is 0 Å². The molecule has 12 nitrogen and oxygen atoms in total. The number of rotatable bonds is 10. The monoisotopic (exact) mass is 469 g/mol. The van der Waals surface area contributed by atoms with Crippen LogP contribution < -0.4 is 11.2 Å². The summed E-state index contributed by atoms with van der Waals surface area (Å²) in [7, 11) is 0. The molecule has 0 spiro atoms. The van der Waals surface area contributed by atoms with Crippen molar-refractivity contribution >= 4 is 29.1 Å². The molecule has 35 heavy (non-hydrogen) atoms. The highest BCUT2D eigenvalue weighted by Gasteiger charge is 2.28. The number of para-hydroxylation sites is 1. The molecule has 2 aromatic rings. The van der Waals surface area contributed by atoms with Gasteiger partial charge in [0, 0.05) is 46.0 Å². The van der Waals surface area contributed by atoms with E-state index in [9.17, 15) is 4.79 Å². The zero-order valence-electron chi connectivity index (χ0n) is 18.7. The van der Waals surface area contributed by atoms with E-state index in [1.165, 1.54) is 6.08 Å². The lowest BCUT2D eigenvalue weighted by molar-refractivity contribution is -0.123. The number of fused-ring (bicyclic) bond motifs is 1. The van der Waals surface area contributed by atoms with Gasteiger partial charge in [0.15, 0.2) is 0 Å². The van der Waals surface area contributed by atoms with Gasteiger partial charge in [-0.1, -0.05) is 58.8 Å². The minimum absolute atomic E-state index is 0.0461. The normalized spacial score (nSPS) is 14.3. The van der Waals surface area contributed by atoms with Gasteiger partial charge in [0.2, 0.25) is 0 Å². The Labute approximate surface area is 201 Å². The van der Waals surface area contributed by atoms with Crippen LogP contribution in [0.1, 0.15) is 22.7 Å². The van der Waals surface area contributed by atoms with Gasteiger partial charge >= 0.3 is 0 Å². The Kier molecular flexibility index (Phi) is 8.36. The molecule has 1 amide bonds. The Morgan fingerprint density at radius 1 is 1.14 bits per heavy atom. The number of nitrogens with two attached hydrogens (primary N) is 1. The first-order chi connectivity index (χ1) is 17.0. The number of amides is 1. The van der Waals surface area contributed by atoms with Crippen LogP contribution in [0.3, 0.4) is 0 Å². The minimum Gasteiger partial charge on any atom is -0.374 e. The smallest absolute Gasteiger partial charge is 0.272 e. The first kappa shape index (κ1) is 24.7. The molecule has 0 saturated carbocycles. The lowest BCUT2D eigenvalue weighted by Crippen LogP contribution is -2.40. The fourth-order valence-corrected chi connectivity index (χ4v) is 3.61. The third-order valence-corrected chi connectivity index (χ3v) is 5.32. The van der Waals surface area contributed by atoms with E-state index in [0.29, 0.717) is 24.1 Å². The standard InChI is InChI=1S/C23H23N11O/c24-14-19(25)22(10-12-30-33-27)34(28)23(35)18-13-21(31-20-4-2-1-3-17(18)20)16-7-5-15(6-8-16)9-11-29-32-26/h1-8,10,13-14,21,24-25,31H,9,11-12,28H2/b22-10-,24-14?,25-19?. The topological polar surface area (TPSA) is 204 Å². The van der Waals surface area contributed by atoms with Crippen molar-refractivity contribution in [2.24, 2.45) is 16.1 Å². The van der Waals surface area contributed by atoms with Crippen molar-refractivity contribution in [3.05, 3.63) is 104 Å². The number of hydrogen-bond donors (Lipinski definition) is 4. The number of anilines is 1. The Balaban J connectivity index is 1.96. The Bertz CT molecular complexity index is 1280. The summed E-state index contributed by atoms with van der Waals surface area (Å²) in [6.07, 6.45) is 4.46. The molecule has 1 aliphatic rings. The maximum atomic E-state index is 13.5. The van der Waals surface area contributed by atoms with Gasteiger partial charge in [-0.05, 0) is 40.8 Å². The summed E-state index contributed by atoms with van der Waals surface area (Å²) >= 11 is 0. The summed E-state index contributed by atoms with van der Waals surface area (Å²) in [5.74, 6) is 5.54. The van der Waals surface area contributed by atoms with E-state index in [-0.39, 0.29) is 24.0 Å². The third kappa shape index (κ3) is 5.92. The number of nitrogens with zero attached hydrogens (tertiary/aromatic N) is 7. The maximum Gasteiger partial charge on any atom is 0.272 e. The molecule has 1 atom stereocenters. The van der Waals surface area contributed by atoms with Crippen LogP contribution in [0, 0.1) is 10.8 Å². The molecule has 5 N–H and O–H groups in total. The predicted molar refractivity (Wildman–Crippen MR) is 135 cm³/mol. The van der Waals surface area contributed by atoms with Crippen molar-refractivity contribution in [2.45, 2.75) is 12.5 Å². The zero-order valence-corrected chi connectivity index (χ0v) is 18.7. The average Bonchev–Trinajstić information content (AvgIpc) is 2.90. The summed E-state index contributed by atoms with van der Waals surface area (Å²) in [4.78, 5) is 18.9. The molecule has 3 rings (SSSR count). The molecule has 0 aliphatic carbocycles. The Morgan fingerprint density at radius 2 is 1.86 bits per heavy atom. The van der Waals surface area contributed by atoms with E-state index < -0.39 is 5.91 Å². The highest BCUT2D eigenvalue weighted by Crippen LogP contribution is 2.36. The van der Waals surface area contributed by atoms with E-state index in [4.69, 9.17) is 27.7 Å². The Morgan fingerprint density at radius 3 is 2.54 bits per heavy atom. The lowest BCUT2D eigenvalue weighted by Gasteiger charge is -2.29. The number of carbonyl (C=O) groups excluding carboxylic acids is 1. The molecular weight excluding hydrogens is 446 g/mol. The van der Waals surface area contributed by atoms with Crippen molar-refractivity contribution in [3.63, 3.8) is 0 Å². The van der Waals surface area contributed by atoms with Crippen LogP contribution in [-0.2, 0) is 11.2 Å². The fraction of sp³-hybridized carbons (Fsp3) is 0.174. The van der Waals surface area contributed by atoms with Crippen LogP contribution >= 0.6 is 0 Å². The first-order valence-electron chi connectivity index (χ1n) is 10.6. The number of benzene rings is 2. The van der Waals surface area contributed by atoms with E-state index in [1.807, 2.05) is 36.4 Å². The van der Waals surface area contributed by atoms with Crippen molar-refractivity contribution in [2.75, 3.05) is 18.4 Å².